The Morgan fingerprint density at radius 3 is 2.00 bits per heavy atom. The van der Waals surface area contributed by atoms with Gasteiger partial charge in [-0.15, -0.1) is 0 Å². The maximum Gasteiger partial charge on any atom is -0.00926 e. The molecule has 0 nitrogen and oxygen atoms in total. The molecule has 2 radical (unpaired) electrons. The lowest BCUT2D eigenvalue weighted by Gasteiger charge is -2.04. The Kier molecular flexibility index (Phi) is 2.93. The number of hydrogen-bond acceptors (Lipinski definition) is 0. The van der Waals surface area contributed by atoms with Crippen LogP contribution in [0.15, 0.2) is 72.8 Å². The Hall–Kier alpha value is -2.34. The predicted octanol–water partition coefficient (Wildman–Crippen LogP) is 4.62. The molecule has 0 amide bonds. The van der Waals surface area contributed by atoms with E-state index in [0.717, 1.165) is 11.1 Å². The van der Waals surface area contributed by atoms with E-state index >= 15 is 0 Å². The SMILES string of the molecule is [c]1ccccc1-c1[c]cc(-c2ccccc2)cc1. The summed E-state index contributed by atoms with van der Waals surface area (Å²) in [6.45, 7) is 0. The van der Waals surface area contributed by atoms with Crippen molar-refractivity contribution in [2.75, 3.05) is 0 Å². The molecule has 0 heterocycles. The van der Waals surface area contributed by atoms with Gasteiger partial charge in [0.05, 0.1) is 0 Å². The average molecular weight is 228 g/mol. The van der Waals surface area contributed by atoms with E-state index in [-0.39, 0.29) is 0 Å². The molecule has 3 rings (SSSR count). The van der Waals surface area contributed by atoms with Crippen molar-refractivity contribution in [2.45, 2.75) is 0 Å². The highest BCUT2D eigenvalue weighted by atomic mass is 14.0. The molecule has 18 heavy (non-hydrogen) atoms. The monoisotopic (exact) mass is 228 g/mol. The number of rotatable bonds is 2. The maximum atomic E-state index is 3.32. The number of benzene rings is 3. The largest absolute Gasteiger partial charge is 0.0622 e. The standard InChI is InChI=1S/C18H12/c1-3-7-15(8-4-1)17-11-13-18(14-12-17)16-9-5-2-6-10-16/h1-9,11-13H. The average Bonchev–Trinajstić information content (AvgIpc) is 2.49. The molecule has 0 heteroatoms. The van der Waals surface area contributed by atoms with Gasteiger partial charge in [0.2, 0.25) is 0 Å². The molecule has 3 aromatic rings. The minimum Gasteiger partial charge on any atom is -0.0622 e. The quantitative estimate of drug-likeness (QED) is 0.600. The van der Waals surface area contributed by atoms with Crippen LogP contribution >= 0.6 is 0 Å². The smallest absolute Gasteiger partial charge is 0.00926 e. The lowest BCUT2D eigenvalue weighted by Crippen LogP contribution is -1.80. The summed E-state index contributed by atoms with van der Waals surface area (Å²) in [6.07, 6.45) is 0. The third kappa shape index (κ3) is 2.18. The van der Waals surface area contributed by atoms with Gasteiger partial charge in [-0.1, -0.05) is 66.7 Å². The second-order valence-corrected chi connectivity index (χ2v) is 4.13. The molecule has 0 aliphatic heterocycles. The zero-order valence-electron chi connectivity index (χ0n) is 9.93. The Bertz CT molecular complexity index is 549. The molecule has 0 spiro atoms. The van der Waals surface area contributed by atoms with Crippen LogP contribution in [0.4, 0.5) is 0 Å². The van der Waals surface area contributed by atoms with Crippen molar-refractivity contribution in [1.29, 1.82) is 0 Å². The number of hydrogen-bond donors (Lipinski definition) is 0. The van der Waals surface area contributed by atoms with E-state index in [1.165, 1.54) is 11.1 Å². The van der Waals surface area contributed by atoms with Crippen LogP contribution in [0.3, 0.4) is 0 Å². The molecule has 0 aliphatic rings. The van der Waals surface area contributed by atoms with Crippen molar-refractivity contribution in [3.8, 4) is 22.3 Å². The van der Waals surface area contributed by atoms with Crippen molar-refractivity contribution in [3.63, 3.8) is 0 Å². The predicted molar refractivity (Wildman–Crippen MR) is 75.0 cm³/mol. The summed E-state index contributed by atoms with van der Waals surface area (Å²) in [5.41, 5.74) is 4.57. The first-order valence-corrected chi connectivity index (χ1v) is 5.98. The molecular formula is C18H12. The molecule has 0 saturated heterocycles. The minimum absolute atomic E-state index is 1.08. The Labute approximate surface area is 108 Å². The van der Waals surface area contributed by atoms with Gasteiger partial charge in [0.15, 0.2) is 0 Å². The van der Waals surface area contributed by atoms with Crippen molar-refractivity contribution in [2.24, 2.45) is 0 Å². The van der Waals surface area contributed by atoms with Crippen LogP contribution in [-0.2, 0) is 0 Å². The van der Waals surface area contributed by atoms with Gasteiger partial charge in [-0.25, -0.2) is 0 Å². The van der Waals surface area contributed by atoms with Crippen LogP contribution in [0.1, 0.15) is 0 Å². The van der Waals surface area contributed by atoms with E-state index in [2.05, 4.69) is 36.4 Å². The summed E-state index contributed by atoms with van der Waals surface area (Å²) in [5.74, 6) is 0. The highest BCUT2D eigenvalue weighted by Gasteiger charge is 1.99. The van der Waals surface area contributed by atoms with Crippen LogP contribution < -0.4 is 0 Å². The zero-order valence-corrected chi connectivity index (χ0v) is 9.93. The van der Waals surface area contributed by atoms with Crippen molar-refractivity contribution in [1.82, 2.24) is 0 Å². The molecular weight excluding hydrogens is 216 g/mol. The molecule has 0 aliphatic carbocycles. The fraction of sp³-hybridized carbons (Fsp3) is 0. The highest BCUT2D eigenvalue weighted by molar-refractivity contribution is 5.69. The summed E-state index contributed by atoms with van der Waals surface area (Å²) >= 11 is 0. The van der Waals surface area contributed by atoms with Gasteiger partial charge in [0, 0.05) is 0 Å². The van der Waals surface area contributed by atoms with Gasteiger partial charge in [-0.2, -0.15) is 0 Å². The first kappa shape index (κ1) is 10.8. The summed E-state index contributed by atoms with van der Waals surface area (Å²) in [6, 6.07) is 31.1. The van der Waals surface area contributed by atoms with Crippen LogP contribution in [0, 0.1) is 12.1 Å². The molecule has 0 atom stereocenters. The zero-order chi connectivity index (χ0) is 12.2. The van der Waals surface area contributed by atoms with Gasteiger partial charge < -0.3 is 0 Å². The first-order valence-electron chi connectivity index (χ1n) is 5.98. The van der Waals surface area contributed by atoms with Gasteiger partial charge in [0.25, 0.3) is 0 Å². The van der Waals surface area contributed by atoms with E-state index in [1.807, 2.05) is 48.5 Å². The van der Waals surface area contributed by atoms with Crippen LogP contribution in [0.5, 0.6) is 0 Å². The highest BCUT2D eigenvalue weighted by Crippen LogP contribution is 2.23. The topological polar surface area (TPSA) is 0 Å². The van der Waals surface area contributed by atoms with E-state index in [1.54, 1.807) is 0 Å². The van der Waals surface area contributed by atoms with Gasteiger partial charge in [-0.3, -0.25) is 0 Å². The summed E-state index contributed by atoms with van der Waals surface area (Å²) < 4.78 is 0. The van der Waals surface area contributed by atoms with Gasteiger partial charge in [0.1, 0.15) is 0 Å². The fourth-order valence-electron chi connectivity index (χ4n) is 1.96. The van der Waals surface area contributed by atoms with Gasteiger partial charge >= 0.3 is 0 Å². The van der Waals surface area contributed by atoms with Crippen LogP contribution in [-0.4, -0.2) is 0 Å². The molecule has 0 aromatic heterocycles. The molecule has 0 N–H and O–H groups in total. The molecule has 0 bridgehead atoms. The second kappa shape index (κ2) is 4.89. The Balaban J connectivity index is 1.95. The van der Waals surface area contributed by atoms with Crippen LogP contribution in [0.25, 0.3) is 22.3 Å². The maximum absolute atomic E-state index is 3.32. The summed E-state index contributed by atoms with van der Waals surface area (Å²) in [4.78, 5) is 0. The van der Waals surface area contributed by atoms with E-state index in [9.17, 15) is 0 Å². The second-order valence-electron chi connectivity index (χ2n) is 4.13. The summed E-state index contributed by atoms with van der Waals surface area (Å²) in [5, 5.41) is 0. The third-order valence-corrected chi connectivity index (χ3v) is 2.92. The van der Waals surface area contributed by atoms with Crippen molar-refractivity contribution >= 4 is 0 Å². The first-order chi connectivity index (χ1) is 8.93. The fourth-order valence-corrected chi connectivity index (χ4v) is 1.96. The van der Waals surface area contributed by atoms with Crippen molar-refractivity contribution < 1.29 is 0 Å². The molecule has 0 fully saturated rings. The minimum atomic E-state index is 1.08. The van der Waals surface area contributed by atoms with Crippen molar-refractivity contribution in [3.05, 3.63) is 84.9 Å². The Morgan fingerprint density at radius 2 is 1.33 bits per heavy atom. The van der Waals surface area contributed by atoms with Crippen LogP contribution in [0.2, 0.25) is 0 Å². The Morgan fingerprint density at radius 1 is 0.556 bits per heavy atom. The molecule has 0 saturated carbocycles. The lowest BCUT2D eigenvalue weighted by molar-refractivity contribution is 1.58. The summed E-state index contributed by atoms with van der Waals surface area (Å²) in [7, 11) is 0. The van der Waals surface area contributed by atoms with Gasteiger partial charge in [-0.05, 0) is 40.5 Å². The third-order valence-electron chi connectivity index (χ3n) is 2.92. The molecule has 3 aromatic carbocycles. The normalized spacial score (nSPS) is 10.2. The molecule has 0 unspecified atom stereocenters. The van der Waals surface area contributed by atoms with E-state index in [4.69, 9.17) is 0 Å². The molecule has 84 valence electrons. The van der Waals surface area contributed by atoms with E-state index in [0.29, 0.717) is 0 Å². The van der Waals surface area contributed by atoms with E-state index < -0.39 is 0 Å². The lowest BCUT2D eigenvalue weighted by atomic mass is 10.0.